The number of hydrogen-bond donors (Lipinski definition) is 1. The molecule has 0 aliphatic rings. The van der Waals surface area contributed by atoms with E-state index in [2.05, 4.69) is 75.9 Å². The minimum absolute atomic E-state index is 0.311. The highest BCUT2D eigenvalue weighted by Gasteiger charge is 2.09. The van der Waals surface area contributed by atoms with Crippen molar-refractivity contribution in [1.29, 1.82) is 0 Å². The number of hydrogen-bond acceptors (Lipinski definition) is 3. The number of carbonyl (C=O) groups is 1. The lowest BCUT2D eigenvalue weighted by Gasteiger charge is -2.09. The van der Waals surface area contributed by atoms with Crippen molar-refractivity contribution in [1.82, 2.24) is 9.99 Å². The zero-order valence-corrected chi connectivity index (χ0v) is 15.6. The van der Waals surface area contributed by atoms with Gasteiger partial charge in [-0.1, -0.05) is 60.7 Å². The summed E-state index contributed by atoms with van der Waals surface area (Å²) in [6.45, 7) is 2.82. The van der Waals surface area contributed by atoms with E-state index in [1.165, 1.54) is 16.3 Å². The van der Waals surface area contributed by atoms with Crippen LogP contribution in [0.25, 0.3) is 21.7 Å². The summed E-state index contributed by atoms with van der Waals surface area (Å²) in [5.41, 5.74) is 5.69. The second kappa shape index (κ2) is 7.96. The molecule has 0 bridgehead atoms. The van der Waals surface area contributed by atoms with Gasteiger partial charge in [0.25, 0.3) is 0 Å². The van der Waals surface area contributed by atoms with Gasteiger partial charge < -0.3 is 9.30 Å². The van der Waals surface area contributed by atoms with Gasteiger partial charge in [-0.05, 0) is 29.3 Å². The van der Waals surface area contributed by atoms with Crippen LogP contribution >= 0.6 is 0 Å². The number of ether oxygens (including phenoxy) is 1. The summed E-state index contributed by atoms with van der Waals surface area (Å²) in [5.74, 6) is 0. The molecule has 5 heteroatoms. The molecule has 3 aromatic carbocycles. The first kappa shape index (κ1) is 17.8. The van der Waals surface area contributed by atoms with Gasteiger partial charge in [0.2, 0.25) is 0 Å². The van der Waals surface area contributed by atoms with Crippen molar-refractivity contribution in [2.45, 2.75) is 13.5 Å². The van der Waals surface area contributed by atoms with Crippen molar-refractivity contribution >= 4 is 34.0 Å². The third kappa shape index (κ3) is 3.60. The van der Waals surface area contributed by atoms with Gasteiger partial charge in [0, 0.05) is 29.2 Å². The highest BCUT2D eigenvalue weighted by Crippen LogP contribution is 2.24. The highest BCUT2D eigenvalue weighted by molar-refractivity contribution is 5.99. The van der Waals surface area contributed by atoms with E-state index < -0.39 is 6.09 Å². The third-order valence-corrected chi connectivity index (χ3v) is 4.67. The molecule has 1 aromatic heterocycles. The maximum Gasteiger partial charge on any atom is 0.427 e. The second-order valence-electron chi connectivity index (χ2n) is 6.46. The normalized spacial score (nSPS) is 11.3. The van der Waals surface area contributed by atoms with Gasteiger partial charge in [-0.3, -0.25) is 0 Å². The summed E-state index contributed by atoms with van der Waals surface area (Å²) < 4.78 is 7.03. The van der Waals surface area contributed by atoms with Crippen molar-refractivity contribution in [3.05, 3.63) is 84.1 Å². The van der Waals surface area contributed by atoms with Crippen LogP contribution in [-0.4, -0.2) is 23.5 Å². The van der Waals surface area contributed by atoms with Gasteiger partial charge >= 0.3 is 6.09 Å². The van der Waals surface area contributed by atoms with Crippen molar-refractivity contribution < 1.29 is 9.53 Å². The predicted octanol–water partition coefficient (Wildman–Crippen LogP) is 4.92. The number of nitrogens with one attached hydrogen (secondary N) is 1. The van der Waals surface area contributed by atoms with Crippen LogP contribution in [0.5, 0.6) is 0 Å². The lowest BCUT2D eigenvalue weighted by molar-refractivity contribution is 0.152. The summed E-state index contributed by atoms with van der Waals surface area (Å²) in [6.07, 6.45) is 3.15. The Bertz CT molecular complexity index is 1160. The summed E-state index contributed by atoms with van der Waals surface area (Å²) in [7, 11) is 0. The first-order valence-electron chi connectivity index (χ1n) is 9.26. The van der Waals surface area contributed by atoms with Gasteiger partial charge in [0.05, 0.1) is 12.8 Å². The van der Waals surface area contributed by atoms with Crippen LogP contribution in [0.4, 0.5) is 4.79 Å². The number of benzene rings is 3. The standard InChI is InChI=1S/C23H21N3O2/c1-2-28-23(27)25-24-14-19-16-26(22-13-6-5-12-21(19)22)15-18-10-7-9-17-8-3-4-11-20(17)18/h3-14,16H,2,15H2,1H3,(H,25,27)/b24-14-. The molecule has 0 unspecified atom stereocenters. The van der Waals surface area contributed by atoms with Crippen LogP contribution in [0.1, 0.15) is 18.1 Å². The number of aromatic nitrogens is 1. The molecular formula is C23H21N3O2. The Morgan fingerprint density at radius 3 is 2.64 bits per heavy atom. The van der Waals surface area contributed by atoms with Crippen LogP contribution in [0, 0.1) is 0 Å². The molecule has 1 amide bonds. The van der Waals surface area contributed by atoms with E-state index in [9.17, 15) is 4.79 Å². The first-order valence-corrected chi connectivity index (χ1v) is 9.26. The summed E-state index contributed by atoms with van der Waals surface area (Å²) in [4.78, 5) is 11.4. The molecule has 4 aromatic rings. The van der Waals surface area contributed by atoms with E-state index in [1.807, 2.05) is 12.1 Å². The van der Waals surface area contributed by atoms with Crippen LogP contribution in [0.3, 0.4) is 0 Å². The van der Waals surface area contributed by atoms with Crippen molar-refractivity contribution in [3.63, 3.8) is 0 Å². The number of hydrazone groups is 1. The van der Waals surface area contributed by atoms with E-state index in [0.717, 1.165) is 23.0 Å². The lowest BCUT2D eigenvalue weighted by Crippen LogP contribution is -2.18. The largest absolute Gasteiger partial charge is 0.449 e. The Hall–Kier alpha value is -3.60. The van der Waals surface area contributed by atoms with Crippen molar-refractivity contribution in [2.75, 3.05) is 6.61 Å². The number of carbonyl (C=O) groups excluding carboxylic acids is 1. The molecule has 0 atom stereocenters. The second-order valence-corrected chi connectivity index (χ2v) is 6.46. The zero-order chi connectivity index (χ0) is 19.3. The SMILES string of the molecule is CCOC(=O)N/N=C\c1cn(Cc2cccc3ccccc23)c2ccccc12. The monoisotopic (exact) mass is 371 g/mol. The molecule has 0 radical (unpaired) electrons. The van der Waals surface area contributed by atoms with Gasteiger partial charge in [-0.15, -0.1) is 0 Å². The number of rotatable bonds is 5. The van der Waals surface area contributed by atoms with Crippen molar-refractivity contribution in [2.24, 2.45) is 5.10 Å². The van der Waals surface area contributed by atoms with Gasteiger partial charge in [-0.2, -0.15) is 5.10 Å². The molecule has 0 aliphatic heterocycles. The Morgan fingerprint density at radius 2 is 1.79 bits per heavy atom. The van der Waals surface area contributed by atoms with Crippen LogP contribution in [0.15, 0.2) is 78.0 Å². The fourth-order valence-corrected chi connectivity index (χ4v) is 3.44. The molecule has 0 spiro atoms. The first-order chi connectivity index (χ1) is 13.8. The minimum atomic E-state index is -0.557. The molecular weight excluding hydrogens is 350 g/mol. The Labute approximate surface area is 163 Å². The molecule has 0 fully saturated rings. The molecule has 0 saturated heterocycles. The molecule has 4 rings (SSSR count). The molecule has 0 saturated carbocycles. The number of fused-ring (bicyclic) bond motifs is 2. The van der Waals surface area contributed by atoms with Gasteiger partial charge in [-0.25, -0.2) is 10.2 Å². The summed E-state index contributed by atoms with van der Waals surface area (Å²) >= 11 is 0. The number of nitrogens with zero attached hydrogens (tertiary/aromatic N) is 2. The maximum atomic E-state index is 11.4. The highest BCUT2D eigenvalue weighted by atomic mass is 16.5. The Morgan fingerprint density at radius 1 is 1.04 bits per heavy atom. The quantitative estimate of drug-likeness (QED) is 0.400. The van der Waals surface area contributed by atoms with E-state index in [0.29, 0.717) is 6.61 Å². The molecule has 1 N–H and O–H groups in total. The van der Waals surface area contributed by atoms with Gasteiger partial charge in [0.15, 0.2) is 0 Å². The van der Waals surface area contributed by atoms with E-state index in [1.54, 1.807) is 13.1 Å². The fraction of sp³-hybridized carbons (Fsp3) is 0.130. The molecule has 0 aliphatic carbocycles. The topological polar surface area (TPSA) is 55.6 Å². The van der Waals surface area contributed by atoms with E-state index >= 15 is 0 Å². The number of amides is 1. The molecule has 5 nitrogen and oxygen atoms in total. The Kier molecular flexibility index (Phi) is 5.06. The van der Waals surface area contributed by atoms with Gasteiger partial charge in [0.1, 0.15) is 0 Å². The smallest absolute Gasteiger partial charge is 0.427 e. The summed E-state index contributed by atoms with van der Waals surface area (Å²) in [5, 5.41) is 7.58. The summed E-state index contributed by atoms with van der Waals surface area (Å²) in [6, 6.07) is 23.0. The number of para-hydroxylation sites is 1. The van der Waals surface area contributed by atoms with Crippen LogP contribution < -0.4 is 5.43 Å². The molecule has 1 heterocycles. The third-order valence-electron chi connectivity index (χ3n) is 4.67. The predicted molar refractivity (Wildman–Crippen MR) is 113 cm³/mol. The Balaban J connectivity index is 1.68. The maximum absolute atomic E-state index is 11.4. The minimum Gasteiger partial charge on any atom is -0.449 e. The fourth-order valence-electron chi connectivity index (χ4n) is 3.44. The molecule has 28 heavy (non-hydrogen) atoms. The van der Waals surface area contributed by atoms with Crippen molar-refractivity contribution in [3.8, 4) is 0 Å². The average molecular weight is 371 g/mol. The van der Waals surface area contributed by atoms with Crippen LogP contribution in [0.2, 0.25) is 0 Å². The average Bonchev–Trinajstić information content (AvgIpc) is 3.06. The molecule has 140 valence electrons. The zero-order valence-electron chi connectivity index (χ0n) is 15.6. The van der Waals surface area contributed by atoms with E-state index in [4.69, 9.17) is 4.74 Å². The van der Waals surface area contributed by atoms with Crippen LogP contribution in [-0.2, 0) is 11.3 Å². The lowest BCUT2D eigenvalue weighted by atomic mass is 10.0. The van der Waals surface area contributed by atoms with E-state index in [-0.39, 0.29) is 0 Å².